The molecule has 1 N–H and O–H groups in total. The molecule has 2 aromatic carbocycles. The van der Waals surface area contributed by atoms with Crippen molar-refractivity contribution < 1.29 is 23.5 Å². The van der Waals surface area contributed by atoms with Gasteiger partial charge in [-0.15, -0.1) is 0 Å². The summed E-state index contributed by atoms with van der Waals surface area (Å²) in [6.45, 7) is 0.766. The van der Waals surface area contributed by atoms with Crippen molar-refractivity contribution in [1.82, 2.24) is 5.32 Å². The van der Waals surface area contributed by atoms with Gasteiger partial charge in [-0.3, -0.25) is 4.79 Å². The van der Waals surface area contributed by atoms with Crippen molar-refractivity contribution in [2.75, 3.05) is 6.54 Å². The normalized spacial score (nSPS) is 18.1. The van der Waals surface area contributed by atoms with Crippen LogP contribution in [0.4, 0.5) is 4.79 Å². The minimum Gasteiger partial charge on any atom is -0.445 e. The molecule has 0 radical (unpaired) electrons. The Labute approximate surface area is 185 Å². The number of ether oxygens (including phenoxy) is 2. The van der Waals surface area contributed by atoms with Crippen LogP contribution in [0.5, 0.6) is 5.75 Å². The summed E-state index contributed by atoms with van der Waals surface area (Å²) >= 11 is 0. The standard InChI is InChI=1S/C25H25NO6/c27-23-13-11-19-10-12-21(14-22(19)32-23)31-24(28)20-8-6-17(7-9-20)15-26-25(29)30-16-18-4-2-1-3-5-18/h1-5,10-14,17,20H,6-9,15-16H2,(H,26,29). The Bertz CT molecular complexity index is 1130. The van der Waals surface area contributed by atoms with Crippen molar-refractivity contribution in [1.29, 1.82) is 0 Å². The fourth-order valence-electron chi connectivity index (χ4n) is 3.91. The second-order valence-electron chi connectivity index (χ2n) is 8.04. The lowest BCUT2D eigenvalue weighted by Crippen LogP contribution is -2.33. The Morgan fingerprint density at radius 2 is 1.72 bits per heavy atom. The van der Waals surface area contributed by atoms with Gasteiger partial charge in [0.25, 0.3) is 0 Å². The first-order valence-electron chi connectivity index (χ1n) is 10.8. The molecule has 4 rings (SSSR count). The van der Waals surface area contributed by atoms with E-state index >= 15 is 0 Å². The molecule has 1 amide bonds. The molecule has 1 aromatic heterocycles. The number of alkyl carbamates (subject to hydrolysis) is 1. The number of carbonyl (C=O) groups is 2. The van der Waals surface area contributed by atoms with Gasteiger partial charge in [-0.2, -0.15) is 0 Å². The first-order chi connectivity index (χ1) is 15.6. The van der Waals surface area contributed by atoms with E-state index in [1.807, 2.05) is 30.3 Å². The molecule has 0 spiro atoms. The first kappa shape index (κ1) is 21.6. The van der Waals surface area contributed by atoms with Crippen LogP contribution >= 0.6 is 0 Å². The highest BCUT2D eigenvalue weighted by atomic mass is 16.5. The molecule has 3 aromatic rings. The van der Waals surface area contributed by atoms with Crippen LogP contribution in [0.2, 0.25) is 0 Å². The number of amides is 1. The average Bonchev–Trinajstić information content (AvgIpc) is 2.82. The van der Waals surface area contributed by atoms with Gasteiger partial charge in [0.05, 0.1) is 5.92 Å². The number of benzene rings is 2. The zero-order chi connectivity index (χ0) is 22.3. The van der Waals surface area contributed by atoms with Crippen LogP contribution in [0.1, 0.15) is 31.2 Å². The van der Waals surface area contributed by atoms with Crippen molar-refractivity contribution in [2.24, 2.45) is 11.8 Å². The molecule has 0 atom stereocenters. The number of nitrogens with one attached hydrogen (secondary N) is 1. The third-order valence-electron chi connectivity index (χ3n) is 5.74. The summed E-state index contributed by atoms with van der Waals surface area (Å²) in [5.41, 5.74) is 0.879. The van der Waals surface area contributed by atoms with Crippen LogP contribution in [0.15, 0.2) is 69.9 Å². The number of fused-ring (bicyclic) bond motifs is 1. The number of carbonyl (C=O) groups excluding carboxylic acids is 2. The molecule has 7 heteroatoms. The molecular weight excluding hydrogens is 410 g/mol. The van der Waals surface area contributed by atoms with E-state index in [1.165, 1.54) is 6.07 Å². The van der Waals surface area contributed by atoms with Gasteiger partial charge < -0.3 is 19.2 Å². The van der Waals surface area contributed by atoms with Crippen molar-refractivity contribution in [2.45, 2.75) is 32.3 Å². The Kier molecular flexibility index (Phi) is 6.84. The van der Waals surface area contributed by atoms with Crippen LogP contribution in [-0.2, 0) is 16.1 Å². The lowest BCUT2D eigenvalue weighted by molar-refractivity contribution is -0.140. The van der Waals surface area contributed by atoms with Gasteiger partial charge in [-0.25, -0.2) is 9.59 Å². The molecule has 32 heavy (non-hydrogen) atoms. The van der Waals surface area contributed by atoms with Crippen LogP contribution in [0.3, 0.4) is 0 Å². The Hall–Kier alpha value is -3.61. The fourth-order valence-corrected chi connectivity index (χ4v) is 3.91. The molecule has 166 valence electrons. The number of hydrogen-bond donors (Lipinski definition) is 1. The van der Waals surface area contributed by atoms with E-state index in [9.17, 15) is 14.4 Å². The largest absolute Gasteiger partial charge is 0.445 e. The number of rotatable bonds is 6. The molecule has 0 unspecified atom stereocenters. The van der Waals surface area contributed by atoms with E-state index in [0.717, 1.165) is 23.8 Å². The Morgan fingerprint density at radius 3 is 2.50 bits per heavy atom. The van der Waals surface area contributed by atoms with Crippen LogP contribution < -0.4 is 15.7 Å². The number of esters is 1. The molecule has 0 saturated heterocycles. The van der Waals surface area contributed by atoms with Crippen LogP contribution in [-0.4, -0.2) is 18.6 Å². The van der Waals surface area contributed by atoms with Gasteiger partial charge in [0.15, 0.2) is 0 Å². The Morgan fingerprint density at radius 1 is 0.969 bits per heavy atom. The van der Waals surface area contributed by atoms with E-state index in [0.29, 0.717) is 36.6 Å². The molecule has 1 saturated carbocycles. The summed E-state index contributed by atoms with van der Waals surface area (Å²) in [4.78, 5) is 35.9. The summed E-state index contributed by atoms with van der Waals surface area (Å²) < 4.78 is 15.9. The lowest BCUT2D eigenvalue weighted by atomic mass is 9.82. The Balaban J connectivity index is 1.20. The summed E-state index contributed by atoms with van der Waals surface area (Å²) in [5.74, 6) is 0.200. The maximum absolute atomic E-state index is 12.6. The zero-order valence-corrected chi connectivity index (χ0v) is 17.6. The second-order valence-corrected chi connectivity index (χ2v) is 8.04. The summed E-state index contributed by atoms with van der Waals surface area (Å²) in [7, 11) is 0. The summed E-state index contributed by atoms with van der Waals surface area (Å²) in [6, 6.07) is 17.5. The summed E-state index contributed by atoms with van der Waals surface area (Å²) in [5, 5.41) is 3.58. The summed E-state index contributed by atoms with van der Waals surface area (Å²) in [6.07, 6.45) is 2.62. The molecule has 1 aliphatic carbocycles. The maximum Gasteiger partial charge on any atom is 0.407 e. The number of hydrogen-bond acceptors (Lipinski definition) is 6. The van der Waals surface area contributed by atoms with Gasteiger partial charge in [-0.1, -0.05) is 30.3 Å². The topological polar surface area (TPSA) is 94.8 Å². The predicted octanol–water partition coefficient (Wildman–Crippen LogP) is 4.43. The van der Waals surface area contributed by atoms with Gasteiger partial charge in [0.1, 0.15) is 17.9 Å². The quantitative estimate of drug-likeness (QED) is 0.350. The van der Waals surface area contributed by atoms with E-state index in [2.05, 4.69) is 5.32 Å². The van der Waals surface area contributed by atoms with Gasteiger partial charge in [0.2, 0.25) is 0 Å². The SMILES string of the molecule is O=C(NCC1CCC(C(=O)Oc2ccc3ccc(=O)oc3c2)CC1)OCc1ccccc1. The smallest absolute Gasteiger partial charge is 0.407 e. The highest BCUT2D eigenvalue weighted by Crippen LogP contribution is 2.30. The molecule has 1 heterocycles. The third-order valence-corrected chi connectivity index (χ3v) is 5.74. The monoisotopic (exact) mass is 435 g/mol. The highest BCUT2D eigenvalue weighted by molar-refractivity contribution is 5.80. The average molecular weight is 435 g/mol. The predicted molar refractivity (Wildman–Crippen MR) is 118 cm³/mol. The molecular formula is C25H25NO6. The minimum absolute atomic E-state index is 0.185. The molecule has 7 nitrogen and oxygen atoms in total. The van der Waals surface area contributed by atoms with E-state index < -0.39 is 11.7 Å². The van der Waals surface area contributed by atoms with Crippen molar-refractivity contribution in [3.63, 3.8) is 0 Å². The van der Waals surface area contributed by atoms with E-state index in [4.69, 9.17) is 13.9 Å². The van der Waals surface area contributed by atoms with Crippen molar-refractivity contribution in [3.05, 3.63) is 76.6 Å². The van der Waals surface area contributed by atoms with Crippen LogP contribution in [0, 0.1) is 11.8 Å². The van der Waals surface area contributed by atoms with Gasteiger partial charge in [-0.05, 0) is 55.4 Å². The van der Waals surface area contributed by atoms with Gasteiger partial charge in [0, 0.05) is 24.1 Å². The fraction of sp³-hybridized carbons (Fsp3) is 0.320. The zero-order valence-electron chi connectivity index (χ0n) is 17.6. The second kappa shape index (κ2) is 10.1. The first-order valence-corrected chi connectivity index (χ1v) is 10.8. The molecule has 0 bridgehead atoms. The van der Waals surface area contributed by atoms with Crippen molar-refractivity contribution in [3.8, 4) is 5.75 Å². The maximum atomic E-state index is 12.6. The van der Waals surface area contributed by atoms with E-state index in [1.54, 1.807) is 24.3 Å². The highest BCUT2D eigenvalue weighted by Gasteiger charge is 2.28. The molecule has 1 fully saturated rings. The van der Waals surface area contributed by atoms with Gasteiger partial charge >= 0.3 is 17.7 Å². The van der Waals surface area contributed by atoms with Crippen molar-refractivity contribution >= 4 is 23.0 Å². The molecule has 0 aliphatic heterocycles. The lowest BCUT2D eigenvalue weighted by Gasteiger charge is -2.27. The third kappa shape index (κ3) is 5.75. The minimum atomic E-state index is -0.447. The van der Waals surface area contributed by atoms with E-state index in [-0.39, 0.29) is 18.5 Å². The molecule has 1 aliphatic rings. The van der Waals surface area contributed by atoms with Crippen LogP contribution in [0.25, 0.3) is 11.0 Å².